The van der Waals surface area contributed by atoms with E-state index in [1.54, 1.807) is 0 Å². The third kappa shape index (κ3) is 0.809. The van der Waals surface area contributed by atoms with Gasteiger partial charge in [-0.2, -0.15) is 0 Å². The Morgan fingerprint density at radius 2 is 2.56 bits per heavy atom. The van der Waals surface area contributed by atoms with Gasteiger partial charge in [0.2, 0.25) is 0 Å². The fourth-order valence-electron chi connectivity index (χ4n) is 1.08. The van der Waals surface area contributed by atoms with Crippen molar-refractivity contribution in [2.75, 3.05) is 12.3 Å². The van der Waals surface area contributed by atoms with Crippen molar-refractivity contribution in [3.05, 3.63) is 10.6 Å². The van der Waals surface area contributed by atoms with Gasteiger partial charge < -0.3 is 5.32 Å². The van der Waals surface area contributed by atoms with Crippen LogP contribution in [0.15, 0.2) is 10.6 Å². The van der Waals surface area contributed by atoms with Gasteiger partial charge in [0, 0.05) is 29.3 Å². The van der Waals surface area contributed by atoms with E-state index in [1.165, 1.54) is 16.5 Å². The molecular weight excluding hydrogens is 154 g/mol. The lowest BCUT2D eigenvalue weighted by Crippen LogP contribution is -2.07. The zero-order valence-electron chi connectivity index (χ0n) is 4.85. The topological polar surface area (TPSA) is 29.1 Å². The molecule has 2 nitrogen and oxygen atoms in total. The van der Waals surface area contributed by atoms with Crippen LogP contribution in [0.1, 0.15) is 6.42 Å². The van der Waals surface area contributed by atoms with Crippen LogP contribution in [0.3, 0.4) is 0 Å². The van der Waals surface area contributed by atoms with Crippen LogP contribution >= 0.6 is 10.8 Å². The average Bonchev–Trinajstić information content (AvgIpc) is 2.35. The Morgan fingerprint density at radius 3 is 3.33 bits per heavy atom. The minimum absolute atomic E-state index is 0.694. The van der Waals surface area contributed by atoms with Crippen LogP contribution in [0.4, 0.5) is 0 Å². The van der Waals surface area contributed by atoms with Gasteiger partial charge in [-0.05, 0) is 0 Å². The first-order valence-electron chi connectivity index (χ1n) is 2.89. The van der Waals surface area contributed by atoms with Crippen molar-refractivity contribution in [3.8, 4) is 0 Å². The smallest absolute Gasteiger partial charge is 0.111 e. The molecule has 2 aliphatic rings. The minimum atomic E-state index is -0.694. The zero-order chi connectivity index (χ0) is 6.27. The Kier molecular flexibility index (Phi) is 1.30. The van der Waals surface area contributed by atoms with Gasteiger partial charge in [-0.25, -0.2) is 4.21 Å². The summed E-state index contributed by atoms with van der Waals surface area (Å²) in [5.74, 6) is 0.932. The molecule has 0 saturated carbocycles. The monoisotopic (exact) mass is 161 g/mol. The molecule has 1 atom stereocenters. The summed E-state index contributed by atoms with van der Waals surface area (Å²) >= 11 is 0. The molecule has 0 aromatic heterocycles. The van der Waals surface area contributed by atoms with E-state index in [9.17, 15) is 4.21 Å². The van der Waals surface area contributed by atoms with Crippen LogP contribution < -0.4 is 5.32 Å². The normalized spacial score (nSPS) is 32.7. The van der Waals surface area contributed by atoms with Crippen molar-refractivity contribution in [2.24, 2.45) is 0 Å². The maximum Gasteiger partial charge on any atom is 0.111 e. The van der Waals surface area contributed by atoms with E-state index in [-0.39, 0.29) is 0 Å². The maximum absolute atomic E-state index is 11.0. The molecule has 50 valence electrons. The van der Waals surface area contributed by atoms with E-state index in [2.05, 4.69) is 5.32 Å². The molecule has 2 heterocycles. The molecule has 0 aromatic rings. The molecule has 0 radical (unpaired) electrons. The van der Waals surface area contributed by atoms with Gasteiger partial charge in [-0.15, -0.1) is 0 Å². The molecule has 0 bridgehead atoms. The van der Waals surface area contributed by atoms with Crippen molar-refractivity contribution in [1.82, 2.24) is 5.32 Å². The Labute approximate surface area is 59.9 Å². The summed E-state index contributed by atoms with van der Waals surface area (Å²) in [7, 11) is 0.830. The average molecular weight is 161 g/mol. The Balaban J connectivity index is 2.34. The van der Waals surface area contributed by atoms with Gasteiger partial charge in [0.15, 0.2) is 0 Å². The summed E-state index contributed by atoms with van der Waals surface area (Å²) in [4.78, 5) is 1.15. The molecule has 1 N–H and O–H groups in total. The Morgan fingerprint density at radius 1 is 1.67 bits per heavy atom. The predicted octanol–water partition coefficient (Wildman–Crippen LogP) is 0.602. The molecule has 0 aromatic carbocycles. The summed E-state index contributed by atoms with van der Waals surface area (Å²) in [5.41, 5.74) is 1.23. The molecule has 0 saturated heterocycles. The van der Waals surface area contributed by atoms with Gasteiger partial charge >= 0.3 is 0 Å². The van der Waals surface area contributed by atoms with Crippen molar-refractivity contribution in [3.63, 3.8) is 0 Å². The number of hydrogen-bond donors (Lipinski definition) is 1. The van der Waals surface area contributed by atoms with E-state index in [1.807, 2.05) is 0 Å². The summed E-state index contributed by atoms with van der Waals surface area (Å²) in [6, 6.07) is 0. The number of rotatable bonds is 0. The first-order valence-corrected chi connectivity index (χ1v) is 5.54. The Hall–Kier alpha value is 0.0400. The van der Waals surface area contributed by atoms with Crippen molar-refractivity contribution >= 4 is 20.6 Å². The molecule has 2 rings (SSSR count). The predicted molar refractivity (Wildman–Crippen MR) is 40.2 cm³/mol. The molecule has 9 heavy (non-hydrogen) atoms. The van der Waals surface area contributed by atoms with E-state index >= 15 is 0 Å². The summed E-state index contributed by atoms with van der Waals surface area (Å²) in [6.07, 6.45) is 0.995. The molecular formula is C5H7NOS2. The summed E-state index contributed by atoms with van der Waals surface area (Å²) in [6.45, 7) is 0.997. The highest BCUT2D eigenvalue weighted by atomic mass is 33.1. The lowest BCUT2D eigenvalue weighted by Gasteiger charge is -1.94. The Bertz CT molecular complexity index is 199. The van der Waals surface area contributed by atoms with Crippen LogP contribution in [0.25, 0.3) is 0 Å². The molecule has 0 spiro atoms. The molecule has 0 fully saturated rings. The number of nitrogens with one attached hydrogen (secondary N) is 1. The van der Waals surface area contributed by atoms with Crippen LogP contribution in [0.5, 0.6) is 0 Å². The van der Waals surface area contributed by atoms with E-state index < -0.39 is 9.83 Å². The van der Waals surface area contributed by atoms with Crippen molar-refractivity contribution in [2.45, 2.75) is 6.42 Å². The minimum Gasteiger partial charge on any atom is -0.387 e. The quantitative estimate of drug-likeness (QED) is 0.528. The third-order valence-corrected chi connectivity index (χ3v) is 4.61. The summed E-state index contributed by atoms with van der Waals surface area (Å²) in [5, 5.41) is 3.21. The van der Waals surface area contributed by atoms with Gasteiger partial charge in [-0.1, -0.05) is 10.8 Å². The van der Waals surface area contributed by atoms with Crippen LogP contribution in [0, 0.1) is 0 Å². The van der Waals surface area contributed by atoms with Crippen LogP contribution in [-0.2, 0) is 9.83 Å². The number of hydrogen-bond acceptors (Lipinski definition) is 3. The van der Waals surface area contributed by atoms with Gasteiger partial charge in [0.25, 0.3) is 0 Å². The first-order chi connectivity index (χ1) is 4.38. The fourth-order valence-corrected chi connectivity index (χ4v) is 4.08. The van der Waals surface area contributed by atoms with Gasteiger partial charge in [-0.3, -0.25) is 0 Å². The second kappa shape index (κ2) is 2.02. The zero-order valence-corrected chi connectivity index (χ0v) is 6.48. The van der Waals surface area contributed by atoms with Crippen molar-refractivity contribution < 1.29 is 4.21 Å². The maximum atomic E-state index is 11.0. The van der Waals surface area contributed by atoms with Crippen LogP contribution in [0.2, 0.25) is 0 Å². The molecule has 4 heteroatoms. The first kappa shape index (κ1) is 5.80. The van der Waals surface area contributed by atoms with Gasteiger partial charge in [0.1, 0.15) is 9.83 Å². The molecule has 0 aliphatic carbocycles. The van der Waals surface area contributed by atoms with E-state index in [0.29, 0.717) is 0 Å². The fraction of sp³-hybridized carbons (Fsp3) is 0.600. The van der Waals surface area contributed by atoms with Crippen molar-refractivity contribution in [1.29, 1.82) is 0 Å². The third-order valence-electron chi connectivity index (χ3n) is 1.54. The molecule has 0 amide bonds. The highest BCUT2D eigenvalue weighted by Crippen LogP contribution is 2.33. The highest BCUT2D eigenvalue weighted by Gasteiger charge is 2.25. The van der Waals surface area contributed by atoms with Crippen LogP contribution in [-0.4, -0.2) is 16.5 Å². The highest BCUT2D eigenvalue weighted by molar-refractivity contribution is 8.71. The second-order valence-corrected chi connectivity index (χ2v) is 5.18. The lowest BCUT2D eigenvalue weighted by atomic mass is 10.4. The summed E-state index contributed by atoms with van der Waals surface area (Å²) < 4.78 is 11.0. The SMILES string of the molecule is O=S1SCC2=C1CCN2. The standard InChI is InChI=1S/C5H7NOS2/c7-9-5-1-2-6-4(5)3-8-9/h6H,1-3H2. The lowest BCUT2D eigenvalue weighted by molar-refractivity contribution is 0.694. The second-order valence-electron chi connectivity index (χ2n) is 2.08. The largest absolute Gasteiger partial charge is 0.387 e. The van der Waals surface area contributed by atoms with E-state index in [4.69, 9.17) is 0 Å². The molecule has 1 unspecified atom stereocenters. The molecule has 2 aliphatic heterocycles. The van der Waals surface area contributed by atoms with Gasteiger partial charge in [0.05, 0.1) is 0 Å². The van der Waals surface area contributed by atoms with E-state index in [0.717, 1.165) is 23.6 Å².